The fourth-order valence-electron chi connectivity index (χ4n) is 4.65. The Hall–Kier alpha value is -3.15. The molecule has 1 unspecified atom stereocenters. The first-order chi connectivity index (χ1) is 17.5. The van der Waals surface area contributed by atoms with E-state index < -0.39 is 17.7 Å². The van der Waals surface area contributed by atoms with Gasteiger partial charge in [-0.2, -0.15) is 0 Å². The lowest BCUT2D eigenvalue weighted by Crippen LogP contribution is -2.50. The smallest absolute Gasteiger partial charge is 0.407 e. The number of rotatable bonds is 8. The van der Waals surface area contributed by atoms with Crippen molar-refractivity contribution in [2.45, 2.75) is 70.6 Å². The SMILES string of the molecule is CC(C)(C)OC(=O)NC1CCN(C(=O)CCN2CCN(/C(C=N)=C/NC3CCC(=O)NC3=O)CC2)CC1. The third-order valence-corrected chi connectivity index (χ3v) is 6.77. The molecule has 0 aromatic heterocycles. The number of imide groups is 1. The zero-order chi connectivity index (χ0) is 27.0. The minimum Gasteiger partial charge on any atom is -0.444 e. The molecule has 0 aromatic rings. The molecule has 206 valence electrons. The summed E-state index contributed by atoms with van der Waals surface area (Å²) in [6.07, 6.45) is 5.15. The van der Waals surface area contributed by atoms with Crippen molar-refractivity contribution in [3.8, 4) is 0 Å². The molecule has 3 aliphatic rings. The Morgan fingerprint density at radius 2 is 1.73 bits per heavy atom. The molecule has 0 aromatic carbocycles. The molecule has 0 aliphatic carbocycles. The van der Waals surface area contributed by atoms with Crippen LogP contribution in [0.1, 0.15) is 52.9 Å². The van der Waals surface area contributed by atoms with Gasteiger partial charge in [-0.05, 0) is 40.0 Å². The van der Waals surface area contributed by atoms with Crippen LogP contribution < -0.4 is 16.0 Å². The molecule has 12 heteroatoms. The monoisotopic (exact) mass is 519 g/mol. The summed E-state index contributed by atoms with van der Waals surface area (Å²) in [5.74, 6) is -0.463. The number of amides is 4. The third kappa shape index (κ3) is 9.03. The van der Waals surface area contributed by atoms with Crippen LogP contribution in [0.2, 0.25) is 0 Å². The molecule has 3 heterocycles. The number of carbonyl (C=O) groups is 4. The first-order valence-corrected chi connectivity index (χ1v) is 13.1. The summed E-state index contributed by atoms with van der Waals surface area (Å²) in [6.45, 7) is 10.4. The number of allylic oxidation sites excluding steroid dienone is 1. The van der Waals surface area contributed by atoms with Crippen LogP contribution in [-0.4, -0.2) is 108 Å². The van der Waals surface area contributed by atoms with Crippen molar-refractivity contribution in [2.24, 2.45) is 0 Å². The van der Waals surface area contributed by atoms with Crippen molar-refractivity contribution in [1.82, 2.24) is 30.7 Å². The quantitative estimate of drug-likeness (QED) is 0.266. The maximum Gasteiger partial charge on any atom is 0.407 e. The fraction of sp³-hybridized carbons (Fsp3) is 0.720. The lowest BCUT2D eigenvalue weighted by Gasteiger charge is -2.37. The summed E-state index contributed by atoms with van der Waals surface area (Å²) in [5, 5.41) is 16.0. The molecule has 0 saturated carbocycles. The molecule has 0 spiro atoms. The second kappa shape index (κ2) is 12.9. The molecule has 3 fully saturated rings. The number of likely N-dealkylation sites (tertiary alicyclic amines) is 1. The van der Waals surface area contributed by atoms with Crippen LogP contribution in [0, 0.1) is 5.41 Å². The molecule has 0 radical (unpaired) electrons. The summed E-state index contributed by atoms with van der Waals surface area (Å²) in [7, 11) is 0. The molecule has 0 bridgehead atoms. The highest BCUT2D eigenvalue weighted by Crippen LogP contribution is 2.15. The van der Waals surface area contributed by atoms with Crippen LogP contribution in [0.15, 0.2) is 11.9 Å². The van der Waals surface area contributed by atoms with E-state index in [1.807, 2.05) is 25.7 Å². The summed E-state index contributed by atoms with van der Waals surface area (Å²) in [4.78, 5) is 54.1. The van der Waals surface area contributed by atoms with Crippen LogP contribution in [0.25, 0.3) is 0 Å². The number of nitrogens with zero attached hydrogens (tertiary/aromatic N) is 3. The first-order valence-electron chi connectivity index (χ1n) is 13.1. The Labute approximate surface area is 218 Å². The van der Waals surface area contributed by atoms with Crippen LogP contribution in [-0.2, 0) is 19.1 Å². The Balaban J connectivity index is 1.34. The van der Waals surface area contributed by atoms with Gasteiger partial charge in [-0.3, -0.25) is 24.6 Å². The van der Waals surface area contributed by atoms with E-state index >= 15 is 0 Å². The number of piperidine rings is 2. The molecule has 4 amide bonds. The lowest BCUT2D eigenvalue weighted by molar-refractivity contribution is -0.135. The van der Waals surface area contributed by atoms with E-state index in [-0.39, 0.29) is 23.8 Å². The second-order valence-electron chi connectivity index (χ2n) is 10.8. The highest BCUT2D eigenvalue weighted by Gasteiger charge is 2.28. The zero-order valence-corrected chi connectivity index (χ0v) is 22.2. The van der Waals surface area contributed by atoms with Gasteiger partial charge in [0, 0.05) is 77.1 Å². The molecular weight excluding hydrogens is 478 g/mol. The van der Waals surface area contributed by atoms with Gasteiger partial charge in [0.2, 0.25) is 17.7 Å². The highest BCUT2D eigenvalue weighted by molar-refractivity contribution is 6.00. The average Bonchev–Trinajstić information content (AvgIpc) is 2.84. The van der Waals surface area contributed by atoms with E-state index in [1.54, 1.807) is 6.20 Å². The molecule has 4 N–H and O–H groups in total. The Morgan fingerprint density at radius 1 is 1.05 bits per heavy atom. The number of ether oxygens (including phenoxy) is 1. The fourth-order valence-corrected chi connectivity index (χ4v) is 4.65. The van der Waals surface area contributed by atoms with Crippen molar-refractivity contribution in [3.63, 3.8) is 0 Å². The van der Waals surface area contributed by atoms with Crippen LogP contribution >= 0.6 is 0 Å². The van der Waals surface area contributed by atoms with Crippen LogP contribution in [0.4, 0.5) is 4.79 Å². The maximum atomic E-state index is 12.7. The van der Waals surface area contributed by atoms with Gasteiger partial charge in [0.1, 0.15) is 11.6 Å². The van der Waals surface area contributed by atoms with Gasteiger partial charge in [0.25, 0.3) is 0 Å². The number of nitrogens with one attached hydrogen (secondary N) is 4. The molecule has 3 aliphatic heterocycles. The van der Waals surface area contributed by atoms with Crippen molar-refractivity contribution >= 4 is 30.0 Å². The number of hydrogen-bond acceptors (Lipinski definition) is 9. The number of alkyl carbamates (subject to hydrolysis) is 1. The zero-order valence-electron chi connectivity index (χ0n) is 22.2. The summed E-state index contributed by atoms with van der Waals surface area (Å²) in [5.41, 5.74) is 0.152. The van der Waals surface area contributed by atoms with Gasteiger partial charge >= 0.3 is 6.09 Å². The predicted molar refractivity (Wildman–Crippen MR) is 138 cm³/mol. The summed E-state index contributed by atoms with van der Waals surface area (Å²) < 4.78 is 5.31. The van der Waals surface area contributed by atoms with E-state index in [4.69, 9.17) is 10.1 Å². The van der Waals surface area contributed by atoms with Gasteiger partial charge in [0.15, 0.2) is 0 Å². The van der Waals surface area contributed by atoms with E-state index in [1.165, 1.54) is 6.21 Å². The van der Waals surface area contributed by atoms with Gasteiger partial charge in [-0.15, -0.1) is 0 Å². The average molecular weight is 520 g/mol. The van der Waals surface area contributed by atoms with Gasteiger partial charge in [0.05, 0.1) is 5.70 Å². The van der Waals surface area contributed by atoms with E-state index in [0.29, 0.717) is 57.7 Å². The Morgan fingerprint density at radius 3 is 2.32 bits per heavy atom. The second-order valence-corrected chi connectivity index (χ2v) is 10.8. The maximum absolute atomic E-state index is 12.7. The Bertz CT molecular complexity index is 884. The normalized spacial score (nSPS) is 22.4. The minimum atomic E-state index is -0.532. The summed E-state index contributed by atoms with van der Waals surface area (Å²) in [6, 6.07) is -0.453. The largest absolute Gasteiger partial charge is 0.444 e. The number of piperazine rings is 1. The molecule has 37 heavy (non-hydrogen) atoms. The molecule has 1 atom stereocenters. The van der Waals surface area contributed by atoms with Gasteiger partial charge in [-0.1, -0.05) is 0 Å². The van der Waals surface area contributed by atoms with Crippen molar-refractivity contribution < 1.29 is 23.9 Å². The lowest BCUT2D eigenvalue weighted by atomic mass is 10.0. The standard InChI is InChI=1S/C25H41N7O5/c1-25(2,3)37-24(36)28-18-6-10-32(11-7-18)22(34)8-9-30-12-14-31(15-13-30)19(16-26)17-27-20-4-5-21(33)29-23(20)35/h16-18,20,26-27H,4-15H2,1-3H3,(H,28,36)(H,29,33,35)/b19-17+,26-16?. The van der Waals surface area contributed by atoms with Gasteiger partial charge < -0.3 is 30.6 Å². The molecule has 3 rings (SSSR count). The van der Waals surface area contributed by atoms with Crippen molar-refractivity contribution in [1.29, 1.82) is 5.41 Å². The predicted octanol–water partition coefficient (Wildman–Crippen LogP) is 0.396. The van der Waals surface area contributed by atoms with Crippen molar-refractivity contribution in [2.75, 3.05) is 45.8 Å². The van der Waals surface area contributed by atoms with E-state index in [2.05, 4.69) is 25.8 Å². The summed E-state index contributed by atoms with van der Waals surface area (Å²) >= 11 is 0. The molecule has 3 saturated heterocycles. The molecular formula is C25H41N7O5. The van der Waals surface area contributed by atoms with E-state index in [0.717, 1.165) is 25.9 Å². The Kier molecular flexibility index (Phi) is 9.90. The minimum absolute atomic E-state index is 0.0209. The van der Waals surface area contributed by atoms with Crippen LogP contribution in [0.5, 0.6) is 0 Å². The van der Waals surface area contributed by atoms with Gasteiger partial charge in [-0.25, -0.2) is 4.79 Å². The highest BCUT2D eigenvalue weighted by atomic mass is 16.6. The van der Waals surface area contributed by atoms with Crippen LogP contribution in [0.3, 0.4) is 0 Å². The first kappa shape index (κ1) is 28.4. The third-order valence-electron chi connectivity index (χ3n) is 6.77. The van der Waals surface area contributed by atoms with Crippen molar-refractivity contribution in [3.05, 3.63) is 11.9 Å². The molecule has 12 nitrogen and oxygen atoms in total. The van der Waals surface area contributed by atoms with E-state index in [9.17, 15) is 19.2 Å². The number of hydrogen-bond donors (Lipinski definition) is 4. The topological polar surface area (TPSA) is 147 Å². The number of carbonyl (C=O) groups excluding carboxylic acids is 4.